The average Bonchev–Trinajstić information content (AvgIpc) is 2.49. The Morgan fingerprint density at radius 1 is 1.33 bits per heavy atom. The van der Waals surface area contributed by atoms with E-state index >= 15 is 0 Å². The summed E-state index contributed by atoms with van der Waals surface area (Å²) in [6.07, 6.45) is 0.964. The lowest BCUT2D eigenvalue weighted by Gasteiger charge is -2.60. The van der Waals surface area contributed by atoms with Gasteiger partial charge in [-0.25, -0.2) is 4.79 Å². The van der Waals surface area contributed by atoms with Crippen molar-refractivity contribution in [2.45, 2.75) is 18.9 Å². The maximum absolute atomic E-state index is 12.7. The van der Waals surface area contributed by atoms with E-state index < -0.39 is 0 Å². The van der Waals surface area contributed by atoms with Gasteiger partial charge in [-0.15, -0.1) is 0 Å². The Bertz CT molecular complexity index is 599. The molecule has 4 heteroatoms. The van der Waals surface area contributed by atoms with Gasteiger partial charge in [0, 0.05) is 20.0 Å². The molecular weight excluding hydrogens is 228 g/mol. The molecule has 2 spiro atoms. The van der Waals surface area contributed by atoms with Gasteiger partial charge in [-0.05, 0) is 23.7 Å². The average molecular weight is 244 g/mol. The maximum Gasteiger partial charge on any atom is 0.326 e. The molecule has 0 N–H and O–H groups in total. The van der Waals surface area contributed by atoms with Crippen molar-refractivity contribution < 1.29 is 9.59 Å². The number of nitrogens with zero attached hydrogens (tertiary/aromatic N) is 2. The van der Waals surface area contributed by atoms with Crippen LogP contribution in [0.1, 0.15) is 13.3 Å². The second kappa shape index (κ2) is 1.95. The number of carbonyl (C=O) groups is 2. The molecular formula is C14H16N2O2. The third kappa shape index (κ3) is 0.433. The number of rotatable bonds is 0. The van der Waals surface area contributed by atoms with Gasteiger partial charge in [-0.1, -0.05) is 19.1 Å². The molecule has 94 valence electrons. The SMILES string of the molecule is C=C1C2CC34C1C1C2(C)C13C(=O)N(C)C(=O)N4C. The first-order chi connectivity index (χ1) is 8.38. The Balaban J connectivity index is 1.83. The van der Waals surface area contributed by atoms with Gasteiger partial charge < -0.3 is 4.90 Å². The number of hydrogen-bond acceptors (Lipinski definition) is 2. The smallest absolute Gasteiger partial charge is 0.320 e. The molecule has 6 aliphatic rings. The van der Waals surface area contributed by atoms with Crippen molar-refractivity contribution in [3.63, 3.8) is 0 Å². The Kier molecular flexibility index (Phi) is 1.04. The minimum absolute atomic E-state index is 0.0735. The highest BCUT2D eigenvalue weighted by Gasteiger charge is 3.07. The van der Waals surface area contributed by atoms with Gasteiger partial charge in [0.15, 0.2) is 0 Å². The van der Waals surface area contributed by atoms with Crippen molar-refractivity contribution in [2.24, 2.45) is 28.6 Å². The Morgan fingerprint density at radius 2 is 2.00 bits per heavy atom. The second-order valence-electron chi connectivity index (χ2n) is 7.01. The van der Waals surface area contributed by atoms with Crippen LogP contribution in [0.25, 0.3) is 0 Å². The van der Waals surface area contributed by atoms with E-state index in [1.54, 1.807) is 7.05 Å². The molecule has 4 nitrogen and oxygen atoms in total. The number of carbonyl (C=O) groups excluding carboxylic acids is 2. The summed E-state index contributed by atoms with van der Waals surface area (Å²) in [7, 11) is 3.50. The van der Waals surface area contributed by atoms with Crippen LogP contribution in [0.2, 0.25) is 0 Å². The predicted octanol–water partition coefficient (Wildman–Crippen LogP) is 1.09. The van der Waals surface area contributed by atoms with Crippen molar-refractivity contribution >= 4 is 11.9 Å². The summed E-state index contributed by atoms with van der Waals surface area (Å²) in [4.78, 5) is 28.1. The van der Waals surface area contributed by atoms with Crippen LogP contribution in [0.3, 0.4) is 0 Å². The largest absolute Gasteiger partial charge is 0.326 e. The van der Waals surface area contributed by atoms with E-state index in [9.17, 15) is 9.59 Å². The summed E-state index contributed by atoms with van der Waals surface area (Å²) in [5.74, 6) is 1.38. The fourth-order valence-electron chi connectivity index (χ4n) is 6.90. The Labute approximate surface area is 106 Å². The summed E-state index contributed by atoms with van der Waals surface area (Å²) >= 11 is 0. The monoisotopic (exact) mass is 244 g/mol. The normalized spacial score (nSPS) is 62.2. The van der Waals surface area contributed by atoms with E-state index in [-0.39, 0.29) is 28.3 Å². The van der Waals surface area contributed by atoms with Crippen LogP contribution >= 0.6 is 0 Å². The molecule has 1 heterocycles. The van der Waals surface area contributed by atoms with Crippen molar-refractivity contribution in [3.05, 3.63) is 12.2 Å². The van der Waals surface area contributed by atoms with Crippen LogP contribution in [-0.2, 0) is 4.79 Å². The van der Waals surface area contributed by atoms with Crippen molar-refractivity contribution in [1.29, 1.82) is 0 Å². The molecule has 18 heavy (non-hydrogen) atoms. The standard InChI is InChI=1S/C14H16N2O2/c1-6-7-5-13-8(6)9-12(7,2)14(9,13)10(17)15(3)11(18)16(13)4/h7-9H,1,5H2,2-4H3. The van der Waals surface area contributed by atoms with Crippen LogP contribution < -0.4 is 0 Å². The zero-order valence-electron chi connectivity index (χ0n) is 10.9. The summed E-state index contributed by atoms with van der Waals surface area (Å²) in [5, 5.41) is 0. The van der Waals surface area contributed by atoms with E-state index in [0.717, 1.165) is 6.42 Å². The minimum atomic E-state index is -0.256. The molecule has 6 atom stereocenters. The quantitative estimate of drug-likeness (QED) is 0.598. The number of hydrogen-bond donors (Lipinski definition) is 0. The summed E-state index contributed by atoms with van der Waals surface area (Å²) < 4.78 is 0. The van der Waals surface area contributed by atoms with Gasteiger partial charge in [0.25, 0.3) is 0 Å². The first-order valence-electron chi connectivity index (χ1n) is 6.63. The Morgan fingerprint density at radius 3 is 2.56 bits per heavy atom. The molecule has 0 aromatic rings. The van der Waals surface area contributed by atoms with Gasteiger partial charge in [0.1, 0.15) is 0 Å². The topological polar surface area (TPSA) is 40.6 Å². The van der Waals surface area contributed by atoms with Gasteiger partial charge in [0.2, 0.25) is 5.91 Å². The molecule has 5 aliphatic carbocycles. The highest BCUT2D eigenvalue weighted by molar-refractivity contribution is 6.07. The first kappa shape index (κ1) is 9.59. The highest BCUT2D eigenvalue weighted by atomic mass is 16.2. The molecule has 0 radical (unpaired) electrons. The third-order valence-electron chi connectivity index (χ3n) is 7.31. The lowest BCUT2D eigenvalue weighted by molar-refractivity contribution is -0.160. The number of urea groups is 1. The molecule has 6 unspecified atom stereocenters. The minimum Gasteiger partial charge on any atom is -0.320 e. The van der Waals surface area contributed by atoms with Gasteiger partial charge >= 0.3 is 6.03 Å². The van der Waals surface area contributed by atoms with Crippen LogP contribution in [-0.4, -0.2) is 41.4 Å². The van der Waals surface area contributed by atoms with Crippen LogP contribution in [0.15, 0.2) is 12.2 Å². The lowest BCUT2D eigenvalue weighted by Crippen LogP contribution is -2.75. The zero-order chi connectivity index (χ0) is 12.8. The van der Waals surface area contributed by atoms with E-state index in [1.807, 2.05) is 11.9 Å². The Hall–Kier alpha value is -1.32. The summed E-state index contributed by atoms with van der Waals surface area (Å²) in [6.45, 7) is 6.49. The predicted molar refractivity (Wildman–Crippen MR) is 63.4 cm³/mol. The second-order valence-corrected chi connectivity index (χ2v) is 7.01. The molecule has 1 saturated heterocycles. The molecule has 0 aromatic carbocycles. The van der Waals surface area contributed by atoms with Crippen LogP contribution in [0, 0.1) is 28.6 Å². The number of imide groups is 1. The van der Waals surface area contributed by atoms with Crippen molar-refractivity contribution in [2.75, 3.05) is 14.1 Å². The summed E-state index contributed by atoms with van der Waals surface area (Å²) in [5.41, 5.74) is 0.930. The summed E-state index contributed by atoms with van der Waals surface area (Å²) in [6, 6.07) is -0.140. The van der Waals surface area contributed by atoms with E-state index in [2.05, 4.69) is 13.5 Å². The fourth-order valence-corrected chi connectivity index (χ4v) is 6.90. The fraction of sp³-hybridized carbons (Fsp3) is 0.714. The molecule has 1 aliphatic heterocycles. The van der Waals surface area contributed by atoms with Crippen LogP contribution in [0.4, 0.5) is 4.79 Å². The molecule has 3 amide bonds. The highest BCUT2D eigenvalue weighted by Crippen LogP contribution is 3.02. The molecule has 6 fully saturated rings. The molecule has 0 aromatic heterocycles. The third-order valence-corrected chi connectivity index (χ3v) is 7.31. The van der Waals surface area contributed by atoms with Crippen molar-refractivity contribution in [3.8, 4) is 0 Å². The van der Waals surface area contributed by atoms with Gasteiger partial charge in [0.05, 0.1) is 11.0 Å². The molecule has 6 rings (SSSR count). The molecule has 5 saturated carbocycles. The van der Waals surface area contributed by atoms with E-state index in [1.165, 1.54) is 10.5 Å². The van der Waals surface area contributed by atoms with Gasteiger partial charge in [-0.2, -0.15) is 0 Å². The molecule has 3 bridgehead atoms. The van der Waals surface area contributed by atoms with Crippen molar-refractivity contribution in [1.82, 2.24) is 9.80 Å². The lowest BCUT2D eigenvalue weighted by atomic mass is 9.56. The first-order valence-corrected chi connectivity index (χ1v) is 6.63. The van der Waals surface area contributed by atoms with Gasteiger partial charge in [-0.3, -0.25) is 9.69 Å². The number of amides is 3. The van der Waals surface area contributed by atoms with Crippen LogP contribution in [0.5, 0.6) is 0 Å². The maximum atomic E-state index is 12.7. The van der Waals surface area contributed by atoms with E-state index in [0.29, 0.717) is 17.8 Å². The van der Waals surface area contributed by atoms with E-state index in [4.69, 9.17) is 0 Å². The zero-order valence-corrected chi connectivity index (χ0v) is 10.9.